The smallest absolute Gasteiger partial charge is 0.261 e. The second kappa shape index (κ2) is 8.89. The third-order valence-electron chi connectivity index (χ3n) is 4.45. The van der Waals surface area contributed by atoms with Crippen LogP contribution in [0.2, 0.25) is 0 Å². The van der Waals surface area contributed by atoms with Crippen molar-refractivity contribution in [2.45, 2.75) is 11.8 Å². The highest BCUT2D eigenvalue weighted by molar-refractivity contribution is 9.10. The van der Waals surface area contributed by atoms with Crippen LogP contribution in [0.3, 0.4) is 0 Å². The summed E-state index contributed by atoms with van der Waals surface area (Å²) in [6.07, 6.45) is 0. The van der Waals surface area contributed by atoms with Crippen molar-refractivity contribution >= 4 is 37.4 Å². The summed E-state index contributed by atoms with van der Waals surface area (Å²) in [6.45, 7) is 1.87. The third-order valence-corrected chi connectivity index (χ3v) is 6.36. The maximum Gasteiger partial charge on any atom is 0.261 e. The number of nitrogens with one attached hydrogen (secondary N) is 1. The van der Waals surface area contributed by atoms with E-state index in [4.69, 9.17) is 9.47 Å². The molecule has 30 heavy (non-hydrogen) atoms. The van der Waals surface area contributed by atoms with Gasteiger partial charge in [0, 0.05) is 16.1 Å². The quantitative estimate of drug-likeness (QED) is 0.481. The topological polar surface area (TPSA) is 81.7 Å². The van der Waals surface area contributed by atoms with Gasteiger partial charge in [0.15, 0.2) is 17.3 Å². The third kappa shape index (κ3) is 4.66. The first-order valence-corrected chi connectivity index (χ1v) is 11.2. The van der Waals surface area contributed by atoms with E-state index in [-0.39, 0.29) is 21.9 Å². The van der Waals surface area contributed by atoms with Crippen molar-refractivity contribution in [3.63, 3.8) is 0 Å². The van der Waals surface area contributed by atoms with Crippen LogP contribution in [0, 0.1) is 6.92 Å². The molecule has 0 heterocycles. The summed E-state index contributed by atoms with van der Waals surface area (Å²) in [5.74, 6) is 0.257. The number of ether oxygens (including phenoxy) is 2. The molecule has 1 N–H and O–H groups in total. The Bertz CT molecular complexity index is 1170. The molecule has 0 aliphatic heterocycles. The van der Waals surface area contributed by atoms with E-state index in [1.807, 2.05) is 6.92 Å². The van der Waals surface area contributed by atoms with Crippen LogP contribution in [0.5, 0.6) is 11.5 Å². The molecule has 0 saturated carbocycles. The Morgan fingerprint density at radius 1 is 0.900 bits per heavy atom. The van der Waals surface area contributed by atoms with Crippen LogP contribution in [0.4, 0.5) is 5.69 Å². The fourth-order valence-electron chi connectivity index (χ4n) is 2.83. The van der Waals surface area contributed by atoms with Gasteiger partial charge in [0.25, 0.3) is 10.0 Å². The predicted octanol–water partition coefficient (Wildman–Crippen LogP) is 4.81. The minimum atomic E-state index is -3.93. The van der Waals surface area contributed by atoms with Gasteiger partial charge in [0.1, 0.15) is 0 Å². The molecule has 0 fully saturated rings. The molecule has 0 aromatic heterocycles. The van der Waals surface area contributed by atoms with Gasteiger partial charge < -0.3 is 9.47 Å². The molecule has 156 valence electrons. The molecule has 0 unspecified atom stereocenters. The van der Waals surface area contributed by atoms with Crippen molar-refractivity contribution in [2.75, 3.05) is 18.9 Å². The van der Waals surface area contributed by atoms with Gasteiger partial charge >= 0.3 is 0 Å². The number of sulfonamides is 1. The van der Waals surface area contributed by atoms with Gasteiger partial charge in [-0.15, -0.1) is 0 Å². The molecule has 0 amide bonds. The molecule has 0 aliphatic carbocycles. The fraction of sp³-hybridized carbons (Fsp3) is 0.136. The lowest BCUT2D eigenvalue weighted by Gasteiger charge is -2.16. The molecule has 6 nitrogen and oxygen atoms in total. The zero-order valence-corrected chi connectivity index (χ0v) is 19.0. The summed E-state index contributed by atoms with van der Waals surface area (Å²) < 4.78 is 39.8. The molecule has 3 rings (SSSR count). The largest absolute Gasteiger partial charge is 0.493 e. The van der Waals surface area contributed by atoms with Gasteiger partial charge in [-0.05, 0) is 49.4 Å². The summed E-state index contributed by atoms with van der Waals surface area (Å²) in [4.78, 5) is 13.3. The highest BCUT2D eigenvalue weighted by atomic mass is 79.9. The minimum Gasteiger partial charge on any atom is -0.493 e. The Labute approximate surface area is 184 Å². The summed E-state index contributed by atoms with van der Waals surface area (Å²) in [6, 6.07) is 16.1. The van der Waals surface area contributed by atoms with E-state index in [1.165, 1.54) is 38.5 Å². The molecular formula is C22H20BrNO5S. The van der Waals surface area contributed by atoms with Gasteiger partial charge in [0.05, 0.1) is 30.4 Å². The molecule has 0 spiro atoms. The molecular weight excluding hydrogens is 470 g/mol. The van der Waals surface area contributed by atoms with E-state index in [2.05, 4.69) is 20.7 Å². The number of ketones is 1. The molecule has 0 aliphatic rings. The maximum absolute atomic E-state index is 13.2. The number of carbonyl (C=O) groups excluding carboxylic acids is 1. The van der Waals surface area contributed by atoms with Crippen molar-refractivity contribution in [3.05, 3.63) is 81.8 Å². The van der Waals surface area contributed by atoms with Crippen LogP contribution >= 0.6 is 15.9 Å². The summed E-state index contributed by atoms with van der Waals surface area (Å²) in [5.41, 5.74) is 1.58. The average Bonchev–Trinajstić information content (AvgIpc) is 2.73. The normalized spacial score (nSPS) is 11.1. The van der Waals surface area contributed by atoms with Crippen LogP contribution in [-0.2, 0) is 10.0 Å². The Morgan fingerprint density at radius 2 is 1.47 bits per heavy atom. The fourth-order valence-corrected chi connectivity index (χ4v) is 4.16. The molecule has 0 atom stereocenters. The van der Waals surface area contributed by atoms with E-state index in [9.17, 15) is 13.2 Å². The number of carbonyl (C=O) groups is 1. The zero-order chi connectivity index (χ0) is 21.9. The van der Waals surface area contributed by atoms with E-state index < -0.39 is 10.0 Å². The van der Waals surface area contributed by atoms with Crippen molar-refractivity contribution in [3.8, 4) is 11.5 Å². The lowest BCUT2D eigenvalue weighted by molar-refractivity contribution is 0.103. The standard InChI is InChI=1S/C22H20BrNO5S/c1-14-4-10-17(11-5-14)30(26,27)24-19-13-21(29-3)20(28-2)12-18(19)22(25)15-6-8-16(23)9-7-15/h4-13,24H,1-3H3. The number of hydrogen-bond acceptors (Lipinski definition) is 5. The highest BCUT2D eigenvalue weighted by Gasteiger charge is 2.23. The minimum absolute atomic E-state index is 0.0879. The van der Waals surface area contributed by atoms with E-state index in [0.717, 1.165) is 10.0 Å². The molecule has 0 bridgehead atoms. The number of rotatable bonds is 7. The average molecular weight is 490 g/mol. The number of aryl methyl sites for hydroxylation is 1. The Kier molecular flexibility index (Phi) is 6.48. The second-order valence-corrected chi connectivity index (χ2v) is 9.11. The van der Waals surface area contributed by atoms with Crippen molar-refractivity contribution < 1.29 is 22.7 Å². The van der Waals surface area contributed by atoms with Crippen molar-refractivity contribution in [2.24, 2.45) is 0 Å². The van der Waals surface area contributed by atoms with Gasteiger partial charge in [-0.3, -0.25) is 9.52 Å². The number of benzene rings is 3. The Morgan fingerprint density at radius 3 is 2.03 bits per heavy atom. The SMILES string of the molecule is COc1cc(NS(=O)(=O)c2ccc(C)cc2)c(C(=O)c2ccc(Br)cc2)cc1OC. The Hall–Kier alpha value is -2.84. The van der Waals surface area contributed by atoms with E-state index in [1.54, 1.807) is 36.4 Å². The van der Waals surface area contributed by atoms with Gasteiger partial charge in [0.2, 0.25) is 0 Å². The highest BCUT2D eigenvalue weighted by Crippen LogP contribution is 2.35. The van der Waals surface area contributed by atoms with Gasteiger partial charge in [-0.1, -0.05) is 33.6 Å². The molecule has 0 radical (unpaired) electrons. The Balaban J connectivity index is 2.11. The first kappa shape index (κ1) is 21.9. The van der Waals surface area contributed by atoms with Crippen molar-refractivity contribution in [1.29, 1.82) is 0 Å². The number of hydrogen-bond donors (Lipinski definition) is 1. The predicted molar refractivity (Wildman–Crippen MR) is 119 cm³/mol. The van der Waals surface area contributed by atoms with Crippen LogP contribution in [-0.4, -0.2) is 28.4 Å². The zero-order valence-electron chi connectivity index (χ0n) is 16.6. The second-order valence-electron chi connectivity index (χ2n) is 6.51. The number of halogens is 1. The van der Waals surface area contributed by atoms with Gasteiger partial charge in [-0.2, -0.15) is 0 Å². The molecule has 3 aromatic rings. The van der Waals surface area contributed by atoms with Crippen LogP contribution in [0.15, 0.2) is 70.0 Å². The van der Waals surface area contributed by atoms with Crippen LogP contribution in [0.1, 0.15) is 21.5 Å². The molecule has 8 heteroatoms. The lowest BCUT2D eigenvalue weighted by atomic mass is 10.0. The summed E-state index contributed by atoms with van der Waals surface area (Å²) in [7, 11) is -1.04. The monoisotopic (exact) mass is 489 g/mol. The first-order valence-electron chi connectivity index (χ1n) is 8.91. The first-order chi connectivity index (χ1) is 14.2. The lowest BCUT2D eigenvalue weighted by Crippen LogP contribution is -2.16. The summed E-state index contributed by atoms with van der Waals surface area (Å²) >= 11 is 3.34. The number of anilines is 1. The van der Waals surface area contributed by atoms with E-state index in [0.29, 0.717) is 17.1 Å². The number of methoxy groups -OCH3 is 2. The summed E-state index contributed by atoms with van der Waals surface area (Å²) in [5, 5.41) is 0. The van der Waals surface area contributed by atoms with Crippen molar-refractivity contribution in [1.82, 2.24) is 0 Å². The van der Waals surface area contributed by atoms with Crippen LogP contribution < -0.4 is 14.2 Å². The maximum atomic E-state index is 13.2. The van der Waals surface area contributed by atoms with Crippen LogP contribution in [0.25, 0.3) is 0 Å². The molecule has 0 saturated heterocycles. The molecule has 3 aromatic carbocycles. The van der Waals surface area contributed by atoms with Gasteiger partial charge in [-0.25, -0.2) is 8.42 Å². The van der Waals surface area contributed by atoms with E-state index >= 15 is 0 Å².